The van der Waals surface area contributed by atoms with E-state index in [9.17, 15) is 0 Å². The first-order chi connectivity index (χ1) is 15.3. The van der Waals surface area contributed by atoms with Crippen LogP contribution in [0.4, 0.5) is 0 Å². The van der Waals surface area contributed by atoms with E-state index in [0.717, 1.165) is 27.8 Å². The molecule has 160 valence electrons. The zero-order chi connectivity index (χ0) is 22.6. The van der Waals surface area contributed by atoms with Crippen LogP contribution in [0.5, 0.6) is 0 Å². The molecule has 0 fully saturated rings. The molecule has 0 bridgehead atoms. The Morgan fingerprint density at radius 2 is 1.53 bits per heavy atom. The number of furan rings is 1. The molecular formula is C30H29NO. The largest absolute Gasteiger partial charge is 0.455 e. The van der Waals surface area contributed by atoms with Gasteiger partial charge in [-0.1, -0.05) is 43.7 Å². The molecule has 0 aliphatic rings. The van der Waals surface area contributed by atoms with Crippen LogP contribution < -0.4 is 0 Å². The van der Waals surface area contributed by atoms with Gasteiger partial charge in [0.05, 0.1) is 5.69 Å². The van der Waals surface area contributed by atoms with Crippen molar-refractivity contribution < 1.29 is 4.42 Å². The van der Waals surface area contributed by atoms with E-state index in [1.807, 2.05) is 6.20 Å². The summed E-state index contributed by atoms with van der Waals surface area (Å²) in [7, 11) is 0. The van der Waals surface area contributed by atoms with Gasteiger partial charge in [0, 0.05) is 22.5 Å². The zero-order valence-corrected chi connectivity index (χ0v) is 19.7. The third-order valence-electron chi connectivity index (χ3n) is 6.52. The molecule has 0 aliphatic heterocycles. The van der Waals surface area contributed by atoms with Gasteiger partial charge >= 0.3 is 0 Å². The minimum Gasteiger partial charge on any atom is -0.455 e. The summed E-state index contributed by atoms with van der Waals surface area (Å²) >= 11 is 0. The monoisotopic (exact) mass is 419 g/mol. The number of hydrogen-bond donors (Lipinski definition) is 0. The number of nitrogens with zero attached hydrogens (tertiary/aromatic N) is 1. The molecule has 0 saturated heterocycles. The van der Waals surface area contributed by atoms with Gasteiger partial charge in [-0.2, -0.15) is 0 Å². The molecule has 5 rings (SSSR count). The molecule has 0 unspecified atom stereocenters. The molecule has 0 atom stereocenters. The van der Waals surface area contributed by atoms with E-state index >= 15 is 0 Å². The highest BCUT2D eigenvalue weighted by Gasteiger charge is 2.17. The molecule has 32 heavy (non-hydrogen) atoms. The standard InChI is InChI=1S/C30H29NO/c1-17(2)22-11-12-31-26(15-22)24-9-7-19(4)29-25-10-8-23(16-27(25)32-30(24)29)28-20(5)13-18(3)14-21(28)6/h7-17H,1-6H3. The zero-order valence-electron chi connectivity index (χ0n) is 19.7. The Morgan fingerprint density at radius 3 is 2.25 bits per heavy atom. The molecule has 0 radical (unpaired) electrons. The fraction of sp³-hybridized carbons (Fsp3) is 0.233. The van der Waals surface area contributed by atoms with Crippen LogP contribution in [-0.4, -0.2) is 4.98 Å². The Bertz CT molecular complexity index is 1460. The van der Waals surface area contributed by atoms with Crippen molar-refractivity contribution in [2.45, 2.75) is 47.5 Å². The molecule has 2 heterocycles. The lowest BCUT2D eigenvalue weighted by Crippen LogP contribution is -1.91. The number of aromatic nitrogens is 1. The van der Waals surface area contributed by atoms with Crippen LogP contribution >= 0.6 is 0 Å². The first kappa shape index (κ1) is 20.5. The fourth-order valence-corrected chi connectivity index (χ4v) is 4.99. The van der Waals surface area contributed by atoms with Gasteiger partial charge < -0.3 is 4.42 Å². The Labute approximate surface area is 189 Å². The van der Waals surface area contributed by atoms with E-state index in [1.54, 1.807) is 0 Å². The van der Waals surface area contributed by atoms with Crippen LogP contribution in [-0.2, 0) is 0 Å². The summed E-state index contributed by atoms with van der Waals surface area (Å²) < 4.78 is 6.54. The lowest BCUT2D eigenvalue weighted by atomic mass is 9.93. The number of pyridine rings is 1. The molecule has 2 nitrogen and oxygen atoms in total. The highest BCUT2D eigenvalue weighted by Crippen LogP contribution is 2.40. The van der Waals surface area contributed by atoms with Crippen LogP contribution in [0.25, 0.3) is 44.3 Å². The lowest BCUT2D eigenvalue weighted by molar-refractivity contribution is 0.670. The van der Waals surface area contributed by atoms with Crippen molar-refractivity contribution in [3.8, 4) is 22.4 Å². The average molecular weight is 420 g/mol. The average Bonchev–Trinajstić information content (AvgIpc) is 3.13. The normalized spacial score (nSPS) is 11.7. The molecule has 2 aromatic heterocycles. The molecular weight excluding hydrogens is 390 g/mol. The maximum Gasteiger partial charge on any atom is 0.145 e. The van der Waals surface area contributed by atoms with Crippen molar-refractivity contribution in [2.24, 2.45) is 0 Å². The highest BCUT2D eigenvalue weighted by atomic mass is 16.3. The van der Waals surface area contributed by atoms with Gasteiger partial charge in [0.25, 0.3) is 0 Å². The molecule has 5 aromatic rings. The quantitative estimate of drug-likeness (QED) is 0.292. The van der Waals surface area contributed by atoms with Gasteiger partial charge in [0.15, 0.2) is 0 Å². The van der Waals surface area contributed by atoms with Crippen LogP contribution in [0.2, 0.25) is 0 Å². The highest BCUT2D eigenvalue weighted by molar-refractivity contribution is 6.11. The topological polar surface area (TPSA) is 26.0 Å². The fourth-order valence-electron chi connectivity index (χ4n) is 4.99. The van der Waals surface area contributed by atoms with Crippen LogP contribution in [0, 0.1) is 27.7 Å². The Balaban J connectivity index is 1.75. The molecule has 0 spiro atoms. The first-order valence-electron chi connectivity index (χ1n) is 11.3. The van der Waals surface area contributed by atoms with Gasteiger partial charge in [-0.15, -0.1) is 0 Å². The third-order valence-corrected chi connectivity index (χ3v) is 6.52. The van der Waals surface area contributed by atoms with Crippen LogP contribution in [0.3, 0.4) is 0 Å². The smallest absolute Gasteiger partial charge is 0.145 e. The van der Waals surface area contributed by atoms with Crippen molar-refractivity contribution in [1.29, 1.82) is 0 Å². The van der Waals surface area contributed by atoms with Gasteiger partial charge in [0.2, 0.25) is 0 Å². The summed E-state index contributed by atoms with van der Waals surface area (Å²) in [6.07, 6.45) is 1.90. The van der Waals surface area contributed by atoms with Gasteiger partial charge in [-0.25, -0.2) is 0 Å². The molecule has 0 N–H and O–H groups in total. The van der Waals surface area contributed by atoms with E-state index < -0.39 is 0 Å². The third kappa shape index (κ3) is 3.31. The predicted molar refractivity (Wildman–Crippen MR) is 135 cm³/mol. The Hall–Kier alpha value is -3.39. The summed E-state index contributed by atoms with van der Waals surface area (Å²) in [5.41, 5.74) is 12.7. The Morgan fingerprint density at radius 1 is 0.781 bits per heavy atom. The number of hydrogen-bond acceptors (Lipinski definition) is 2. The van der Waals surface area contributed by atoms with Crippen LogP contribution in [0.15, 0.2) is 65.2 Å². The summed E-state index contributed by atoms with van der Waals surface area (Å²) in [6.45, 7) is 13.1. The minimum atomic E-state index is 0.455. The predicted octanol–water partition coefficient (Wildman–Crippen LogP) is 8.67. The van der Waals surface area contributed by atoms with Gasteiger partial charge in [-0.3, -0.25) is 4.98 Å². The van der Waals surface area contributed by atoms with Gasteiger partial charge in [0.1, 0.15) is 11.2 Å². The number of fused-ring (bicyclic) bond motifs is 3. The lowest BCUT2D eigenvalue weighted by Gasteiger charge is -2.11. The van der Waals surface area contributed by atoms with Gasteiger partial charge in [-0.05, 0) is 97.3 Å². The second-order valence-corrected chi connectivity index (χ2v) is 9.35. The maximum atomic E-state index is 6.54. The molecule has 2 heteroatoms. The minimum absolute atomic E-state index is 0.455. The Kier molecular flexibility index (Phi) is 4.89. The molecule has 0 amide bonds. The second kappa shape index (κ2) is 7.63. The van der Waals surface area contributed by atoms with Crippen LogP contribution in [0.1, 0.15) is 47.6 Å². The molecule has 3 aromatic carbocycles. The van der Waals surface area contributed by atoms with E-state index in [2.05, 4.69) is 101 Å². The van der Waals surface area contributed by atoms with E-state index in [-0.39, 0.29) is 0 Å². The summed E-state index contributed by atoms with van der Waals surface area (Å²) in [6, 6.07) is 19.7. The number of benzene rings is 3. The SMILES string of the molecule is Cc1cc(C)c(-c2ccc3c(c2)oc2c(-c4cc(C(C)C)ccn4)ccc(C)c23)c(C)c1. The van der Waals surface area contributed by atoms with E-state index in [1.165, 1.54) is 44.3 Å². The number of rotatable bonds is 3. The summed E-state index contributed by atoms with van der Waals surface area (Å²) in [5.74, 6) is 0.455. The maximum absolute atomic E-state index is 6.54. The van der Waals surface area contributed by atoms with Crippen molar-refractivity contribution in [2.75, 3.05) is 0 Å². The number of aryl methyl sites for hydroxylation is 4. The van der Waals surface area contributed by atoms with Crippen molar-refractivity contribution in [3.05, 3.63) is 88.6 Å². The van der Waals surface area contributed by atoms with Crippen molar-refractivity contribution in [1.82, 2.24) is 4.98 Å². The second-order valence-electron chi connectivity index (χ2n) is 9.35. The van der Waals surface area contributed by atoms with E-state index in [4.69, 9.17) is 4.42 Å². The van der Waals surface area contributed by atoms with Crippen molar-refractivity contribution in [3.63, 3.8) is 0 Å². The molecule has 0 aliphatic carbocycles. The molecule has 0 saturated carbocycles. The van der Waals surface area contributed by atoms with E-state index in [0.29, 0.717) is 5.92 Å². The summed E-state index contributed by atoms with van der Waals surface area (Å²) in [5, 5.41) is 2.34. The first-order valence-corrected chi connectivity index (χ1v) is 11.3. The summed E-state index contributed by atoms with van der Waals surface area (Å²) in [4.78, 5) is 4.68. The van der Waals surface area contributed by atoms with Crippen molar-refractivity contribution >= 4 is 21.9 Å².